The molecule has 0 saturated carbocycles. The smallest absolute Gasteiger partial charge is 0.254 e. The van der Waals surface area contributed by atoms with Crippen molar-refractivity contribution in [3.8, 4) is 0 Å². The van der Waals surface area contributed by atoms with Gasteiger partial charge in [0.1, 0.15) is 0 Å². The molecule has 0 radical (unpaired) electrons. The average Bonchev–Trinajstić information content (AvgIpc) is 2.92. The van der Waals surface area contributed by atoms with Crippen molar-refractivity contribution in [1.29, 1.82) is 0 Å². The molecule has 1 N–H and O–H groups in total. The van der Waals surface area contributed by atoms with Crippen molar-refractivity contribution in [3.63, 3.8) is 0 Å². The van der Waals surface area contributed by atoms with Crippen LogP contribution in [0.15, 0.2) is 24.3 Å². The molecule has 1 atom stereocenters. The van der Waals surface area contributed by atoms with E-state index in [1.54, 1.807) is 0 Å². The number of aliphatic hydroxyl groups excluding tert-OH is 1. The number of aliphatic hydroxyl groups is 1. The lowest BCUT2D eigenvalue weighted by Gasteiger charge is -2.24. The van der Waals surface area contributed by atoms with Gasteiger partial charge in [0.15, 0.2) is 0 Å². The number of hydrogen-bond donors (Lipinski definition) is 1. The molecule has 3 nitrogen and oxygen atoms in total. The first-order chi connectivity index (χ1) is 9.63. The van der Waals surface area contributed by atoms with Gasteiger partial charge in [-0.15, -0.1) is 0 Å². The molecular formula is C17H25NO2. The average molecular weight is 275 g/mol. The van der Waals surface area contributed by atoms with E-state index >= 15 is 0 Å². The van der Waals surface area contributed by atoms with Gasteiger partial charge in [0, 0.05) is 24.8 Å². The Labute approximate surface area is 121 Å². The number of carbonyl (C=O) groups is 1. The number of nitrogens with zero attached hydrogens (tertiary/aromatic N) is 1. The maximum Gasteiger partial charge on any atom is 0.254 e. The Balaban J connectivity index is 2.06. The highest BCUT2D eigenvalue weighted by Gasteiger charge is 2.28. The van der Waals surface area contributed by atoms with Gasteiger partial charge in [0.25, 0.3) is 5.91 Å². The van der Waals surface area contributed by atoms with Crippen molar-refractivity contribution < 1.29 is 9.90 Å². The summed E-state index contributed by atoms with van der Waals surface area (Å²) in [6.07, 6.45) is 3.83. The first-order valence-corrected chi connectivity index (χ1v) is 7.65. The van der Waals surface area contributed by atoms with Gasteiger partial charge < -0.3 is 10.0 Å². The van der Waals surface area contributed by atoms with Crippen molar-refractivity contribution in [2.24, 2.45) is 0 Å². The van der Waals surface area contributed by atoms with Crippen LogP contribution in [0.2, 0.25) is 0 Å². The Kier molecular flexibility index (Phi) is 5.18. The van der Waals surface area contributed by atoms with E-state index in [1.807, 2.05) is 17.0 Å². The van der Waals surface area contributed by atoms with Crippen LogP contribution in [0.1, 0.15) is 61.4 Å². The Morgan fingerprint density at radius 3 is 2.65 bits per heavy atom. The summed E-state index contributed by atoms with van der Waals surface area (Å²) in [4.78, 5) is 14.6. The maximum atomic E-state index is 12.6. The van der Waals surface area contributed by atoms with Gasteiger partial charge in [-0.05, 0) is 49.3 Å². The Bertz CT molecular complexity index is 439. The van der Waals surface area contributed by atoms with Gasteiger partial charge in [-0.1, -0.05) is 26.0 Å². The fraction of sp³-hybridized carbons (Fsp3) is 0.588. The summed E-state index contributed by atoms with van der Waals surface area (Å²) >= 11 is 0. The molecule has 1 unspecified atom stereocenters. The molecule has 1 saturated heterocycles. The van der Waals surface area contributed by atoms with E-state index in [-0.39, 0.29) is 12.5 Å². The molecule has 1 aliphatic rings. The van der Waals surface area contributed by atoms with Crippen LogP contribution in [-0.4, -0.2) is 35.1 Å². The highest BCUT2D eigenvalue weighted by molar-refractivity contribution is 5.94. The van der Waals surface area contributed by atoms with Crippen molar-refractivity contribution in [3.05, 3.63) is 35.4 Å². The lowest BCUT2D eigenvalue weighted by Crippen LogP contribution is -2.35. The second-order valence-corrected chi connectivity index (χ2v) is 5.94. The van der Waals surface area contributed by atoms with Crippen LogP contribution < -0.4 is 0 Å². The van der Waals surface area contributed by atoms with E-state index in [4.69, 9.17) is 5.11 Å². The highest BCUT2D eigenvalue weighted by Crippen LogP contribution is 2.24. The summed E-state index contributed by atoms with van der Waals surface area (Å²) in [6, 6.07) is 8.30. The number of amides is 1. The molecule has 0 spiro atoms. The summed E-state index contributed by atoms with van der Waals surface area (Å²) in [7, 11) is 0. The minimum Gasteiger partial charge on any atom is -0.396 e. The fourth-order valence-corrected chi connectivity index (χ4v) is 2.91. The summed E-state index contributed by atoms with van der Waals surface area (Å²) in [6.45, 7) is 5.37. The van der Waals surface area contributed by atoms with Crippen molar-refractivity contribution in [2.45, 2.75) is 51.5 Å². The second-order valence-electron chi connectivity index (χ2n) is 5.94. The van der Waals surface area contributed by atoms with Gasteiger partial charge in [0.2, 0.25) is 0 Å². The number of benzene rings is 1. The molecule has 1 aromatic carbocycles. The standard InChI is InChI=1S/C17H25NO2/c1-13(2)14-7-9-15(10-8-14)17(20)18-11-3-5-16(18)6-4-12-19/h7-10,13,16,19H,3-6,11-12H2,1-2H3. The van der Waals surface area contributed by atoms with Gasteiger partial charge in [-0.2, -0.15) is 0 Å². The second kappa shape index (κ2) is 6.89. The highest BCUT2D eigenvalue weighted by atomic mass is 16.3. The Hall–Kier alpha value is -1.35. The van der Waals surface area contributed by atoms with Crippen molar-refractivity contribution >= 4 is 5.91 Å². The SMILES string of the molecule is CC(C)c1ccc(C(=O)N2CCCC2CCCO)cc1. The molecule has 1 amide bonds. The number of likely N-dealkylation sites (tertiary alicyclic amines) is 1. The molecule has 0 bridgehead atoms. The number of hydrogen-bond acceptors (Lipinski definition) is 2. The lowest BCUT2D eigenvalue weighted by molar-refractivity contribution is 0.0724. The summed E-state index contributed by atoms with van der Waals surface area (Å²) in [5.74, 6) is 0.629. The van der Waals surface area contributed by atoms with Crippen LogP contribution >= 0.6 is 0 Å². The molecule has 0 aliphatic carbocycles. The molecule has 0 aromatic heterocycles. The molecule has 1 fully saturated rings. The topological polar surface area (TPSA) is 40.5 Å². The van der Waals surface area contributed by atoms with Crippen LogP contribution in [0.5, 0.6) is 0 Å². The number of rotatable bonds is 5. The van der Waals surface area contributed by atoms with Crippen LogP contribution in [0.3, 0.4) is 0 Å². The summed E-state index contributed by atoms with van der Waals surface area (Å²) in [5.41, 5.74) is 2.05. The molecule has 1 aromatic rings. The third kappa shape index (κ3) is 3.40. The van der Waals surface area contributed by atoms with Crippen LogP contribution in [0, 0.1) is 0 Å². The zero-order valence-corrected chi connectivity index (χ0v) is 12.5. The van der Waals surface area contributed by atoms with E-state index in [9.17, 15) is 4.79 Å². The number of carbonyl (C=O) groups excluding carboxylic acids is 1. The van der Waals surface area contributed by atoms with Gasteiger partial charge in [-0.3, -0.25) is 4.79 Å². The molecule has 2 rings (SSSR count). The van der Waals surface area contributed by atoms with Gasteiger partial charge in [-0.25, -0.2) is 0 Å². The first kappa shape index (κ1) is 15.0. The quantitative estimate of drug-likeness (QED) is 0.896. The molecule has 20 heavy (non-hydrogen) atoms. The van der Waals surface area contributed by atoms with Crippen molar-refractivity contribution in [1.82, 2.24) is 4.90 Å². The van der Waals surface area contributed by atoms with Crippen molar-refractivity contribution in [2.75, 3.05) is 13.2 Å². The maximum absolute atomic E-state index is 12.6. The van der Waals surface area contributed by atoms with Crippen LogP contribution in [0.25, 0.3) is 0 Å². The predicted molar refractivity (Wildman–Crippen MR) is 80.9 cm³/mol. The molecule has 1 heterocycles. The summed E-state index contributed by atoms with van der Waals surface area (Å²) < 4.78 is 0. The monoisotopic (exact) mass is 275 g/mol. The minimum atomic E-state index is 0.140. The molecule has 3 heteroatoms. The molecule has 110 valence electrons. The first-order valence-electron chi connectivity index (χ1n) is 7.65. The van der Waals surface area contributed by atoms with E-state index < -0.39 is 0 Å². The van der Waals surface area contributed by atoms with E-state index in [0.717, 1.165) is 37.8 Å². The Morgan fingerprint density at radius 2 is 2.05 bits per heavy atom. The van der Waals surface area contributed by atoms with Gasteiger partial charge >= 0.3 is 0 Å². The fourth-order valence-electron chi connectivity index (χ4n) is 2.91. The minimum absolute atomic E-state index is 0.140. The predicted octanol–water partition coefficient (Wildman–Crippen LogP) is 3.19. The van der Waals surface area contributed by atoms with E-state index in [2.05, 4.69) is 26.0 Å². The van der Waals surface area contributed by atoms with Crippen LogP contribution in [-0.2, 0) is 0 Å². The zero-order chi connectivity index (χ0) is 14.5. The summed E-state index contributed by atoms with van der Waals surface area (Å²) in [5, 5.41) is 8.95. The Morgan fingerprint density at radius 1 is 1.35 bits per heavy atom. The van der Waals surface area contributed by atoms with E-state index in [0.29, 0.717) is 12.0 Å². The lowest BCUT2D eigenvalue weighted by atomic mass is 10.0. The van der Waals surface area contributed by atoms with E-state index in [1.165, 1.54) is 5.56 Å². The molecular weight excluding hydrogens is 250 g/mol. The third-order valence-electron chi connectivity index (χ3n) is 4.16. The normalized spacial score (nSPS) is 18.8. The molecule has 1 aliphatic heterocycles. The zero-order valence-electron chi connectivity index (χ0n) is 12.5. The largest absolute Gasteiger partial charge is 0.396 e. The van der Waals surface area contributed by atoms with Gasteiger partial charge in [0.05, 0.1) is 0 Å². The third-order valence-corrected chi connectivity index (χ3v) is 4.16. The van der Waals surface area contributed by atoms with Crippen LogP contribution in [0.4, 0.5) is 0 Å².